The number of carbonyl (C=O) groups is 1. The SMILES string of the molecule is Cn1cc(Cn2cc(N)c(C(N)=O)n2)nn1. The number of aryl methyl sites for hydroxylation is 1. The van der Waals surface area contributed by atoms with Crippen molar-refractivity contribution in [2.45, 2.75) is 6.54 Å². The van der Waals surface area contributed by atoms with Crippen LogP contribution in [0.15, 0.2) is 12.4 Å². The van der Waals surface area contributed by atoms with Gasteiger partial charge < -0.3 is 11.5 Å². The van der Waals surface area contributed by atoms with Crippen LogP contribution in [-0.2, 0) is 13.6 Å². The van der Waals surface area contributed by atoms with Crippen LogP contribution in [-0.4, -0.2) is 30.7 Å². The lowest BCUT2D eigenvalue weighted by molar-refractivity contribution is 0.0995. The monoisotopic (exact) mass is 221 g/mol. The molecule has 0 saturated carbocycles. The molecule has 8 heteroatoms. The molecule has 0 aliphatic rings. The molecule has 8 nitrogen and oxygen atoms in total. The standard InChI is InChI=1S/C8H11N7O/c1-14-2-5(11-13-14)3-15-4-6(9)7(12-15)8(10)16/h2,4H,3,9H2,1H3,(H2,10,16). The van der Waals surface area contributed by atoms with Crippen molar-refractivity contribution in [1.29, 1.82) is 0 Å². The largest absolute Gasteiger partial charge is 0.396 e. The summed E-state index contributed by atoms with van der Waals surface area (Å²) in [6.45, 7) is 0.394. The van der Waals surface area contributed by atoms with Crippen LogP contribution in [0.25, 0.3) is 0 Å². The summed E-state index contributed by atoms with van der Waals surface area (Å²) >= 11 is 0. The lowest BCUT2D eigenvalue weighted by atomic mass is 10.4. The Balaban J connectivity index is 2.22. The van der Waals surface area contributed by atoms with Crippen LogP contribution < -0.4 is 11.5 Å². The summed E-state index contributed by atoms with van der Waals surface area (Å²) in [6.07, 6.45) is 3.29. The van der Waals surface area contributed by atoms with E-state index in [1.54, 1.807) is 17.9 Å². The summed E-state index contributed by atoms with van der Waals surface area (Å²) < 4.78 is 3.08. The Morgan fingerprint density at radius 2 is 2.25 bits per heavy atom. The Morgan fingerprint density at radius 1 is 1.50 bits per heavy atom. The van der Waals surface area contributed by atoms with Crippen molar-refractivity contribution in [1.82, 2.24) is 24.8 Å². The Morgan fingerprint density at radius 3 is 2.75 bits per heavy atom. The van der Waals surface area contributed by atoms with Gasteiger partial charge in [0.15, 0.2) is 5.69 Å². The summed E-state index contributed by atoms with van der Waals surface area (Å²) in [5.41, 5.74) is 11.7. The molecule has 2 aromatic rings. The molecule has 84 valence electrons. The normalized spacial score (nSPS) is 10.6. The molecule has 0 bridgehead atoms. The van der Waals surface area contributed by atoms with Crippen molar-refractivity contribution < 1.29 is 4.79 Å². The highest BCUT2D eigenvalue weighted by molar-refractivity contribution is 5.95. The molecule has 0 saturated heterocycles. The molecule has 2 rings (SSSR count). The van der Waals surface area contributed by atoms with Crippen LogP contribution in [0.3, 0.4) is 0 Å². The minimum Gasteiger partial charge on any atom is -0.396 e. The van der Waals surface area contributed by atoms with Gasteiger partial charge in [0.1, 0.15) is 5.69 Å². The molecule has 16 heavy (non-hydrogen) atoms. The van der Waals surface area contributed by atoms with E-state index in [4.69, 9.17) is 11.5 Å². The van der Waals surface area contributed by atoms with Gasteiger partial charge in [-0.1, -0.05) is 5.21 Å². The molecule has 0 aliphatic heterocycles. The van der Waals surface area contributed by atoms with Crippen molar-refractivity contribution in [2.75, 3.05) is 5.73 Å². The maximum Gasteiger partial charge on any atom is 0.271 e. The van der Waals surface area contributed by atoms with E-state index in [2.05, 4.69) is 15.4 Å². The van der Waals surface area contributed by atoms with Gasteiger partial charge in [0, 0.05) is 19.4 Å². The fourth-order valence-corrected chi connectivity index (χ4v) is 1.34. The third kappa shape index (κ3) is 1.85. The number of primary amides is 1. The number of nitrogen functional groups attached to an aromatic ring is 1. The van der Waals surface area contributed by atoms with Crippen LogP contribution in [0.1, 0.15) is 16.2 Å². The number of aromatic nitrogens is 5. The fourth-order valence-electron chi connectivity index (χ4n) is 1.34. The summed E-state index contributed by atoms with van der Waals surface area (Å²) in [4.78, 5) is 10.9. The van der Waals surface area contributed by atoms with Crippen LogP contribution in [0.5, 0.6) is 0 Å². The van der Waals surface area contributed by atoms with Gasteiger partial charge in [-0.15, -0.1) is 5.10 Å². The predicted molar refractivity (Wildman–Crippen MR) is 55.3 cm³/mol. The van der Waals surface area contributed by atoms with Gasteiger partial charge in [-0.2, -0.15) is 5.10 Å². The highest BCUT2D eigenvalue weighted by Gasteiger charge is 2.11. The summed E-state index contributed by atoms with van der Waals surface area (Å²) in [7, 11) is 1.77. The highest BCUT2D eigenvalue weighted by Crippen LogP contribution is 2.09. The Kier molecular flexibility index (Phi) is 2.31. The van der Waals surface area contributed by atoms with Gasteiger partial charge >= 0.3 is 0 Å². The smallest absolute Gasteiger partial charge is 0.271 e. The van der Waals surface area contributed by atoms with E-state index in [1.807, 2.05) is 0 Å². The maximum atomic E-state index is 10.9. The van der Waals surface area contributed by atoms with E-state index in [0.29, 0.717) is 6.54 Å². The van der Waals surface area contributed by atoms with Gasteiger partial charge in [0.25, 0.3) is 5.91 Å². The molecule has 4 N–H and O–H groups in total. The second-order valence-corrected chi connectivity index (χ2v) is 3.38. The first kappa shape index (κ1) is 10.1. The van der Waals surface area contributed by atoms with Crippen molar-refractivity contribution in [2.24, 2.45) is 12.8 Å². The van der Waals surface area contributed by atoms with Crippen LogP contribution in [0.2, 0.25) is 0 Å². The van der Waals surface area contributed by atoms with E-state index < -0.39 is 5.91 Å². The fraction of sp³-hybridized carbons (Fsp3) is 0.250. The molecule has 0 aliphatic carbocycles. The third-order valence-electron chi connectivity index (χ3n) is 2.00. The number of nitrogens with two attached hydrogens (primary N) is 2. The first-order valence-electron chi connectivity index (χ1n) is 4.54. The van der Waals surface area contributed by atoms with E-state index >= 15 is 0 Å². The minimum absolute atomic E-state index is 0.0730. The maximum absolute atomic E-state index is 10.9. The molecule has 0 aromatic carbocycles. The second kappa shape index (κ2) is 3.65. The molecule has 0 fully saturated rings. The molecule has 0 atom stereocenters. The van der Waals surface area contributed by atoms with Crippen molar-refractivity contribution >= 4 is 11.6 Å². The van der Waals surface area contributed by atoms with Gasteiger partial charge in [0.2, 0.25) is 0 Å². The van der Waals surface area contributed by atoms with Crippen molar-refractivity contribution in [3.63, 3.8) is 0 Å². The molecule has 2 heterocycles. The van der Waals surface area contributed by atoms with E-state index in [9.17, 15) is 4.79 Å². The topological polar surface area (TPSA) is 118 Å². The zero-order chi connectivity index (χ0) is 11.7. The van der Waals surface area contributed by atoms with E-state index in [1.165, 1.54) is 10.9 Å². The van der Waals surface area contributed by atoms with Crippen LogP contribution >= 0.6 is 0 Å². The number of amides is 1. The molecular weight excluding hydrogens is 210 g/mol. The highest BCUT2D eigenvalue weighted by atomic mass is 16.1. The van der Waals surface area contributed by atoms with Gasteiger partial charge in [-0.05, 0) is 0 Å². The molecule has 0 spiro atoms. The first-order valence-corrected chi connectivity index (χ1v) is 4.54. The Bertz CT molecular complexity index is 526. The minimum atomic E-state index is -0.643. The third-order valence-corrected chi connectivity index (χ3v) is 2.00. The molecule has 1 amide bonds. The zero-order valence-corrected chi connectivity index (χ0v) is 8.66. The molecule has 2 aromatic heterocycles. The van der Waals surface area contributed by atoms with Gasteiger partial charge in [-0.3, -0.25) is 14.2 Å². The molecular formula is C8H11N7O. The zero-order valence-electron chi connectivity index (χ0n) is 8.66. The van der Waals surface area contributed by atoms with E-state index in [-0.39, 0.29) is 11.4 Å². The number of anilines is 1. The quantitative estimate of drug-likeness (QED) is 0.670. The first-order chi connectivity index (χ1) is 7.56. The molecule has 0 unspecified atom stereocenters. The number of nitrogens with zero attached hydrogens (tertiary/aromatic N) is 5. The summed E-state index contributed by atoms with van der Waals surface area (Å²) in [5.74, 6) is -0.643. The summed E-state index contributed by atoms with van der Waals surface area (Å²) in [5, 5.41) is 11.6. The second-order valence-electron chi connectivity index (χ2n) is 3.38. The average molecular weight is 221 g/mol. The number of rotatable bonds is 3. The van der Waals surface area contributed by atoms with Crippen molar-refractivity contribution in [3.05, 3.63) is 23.8 Å². The Hall–Kier alpha value is -2.38. The van der Waals surface area contributed by atoms with Gasteiger partial charge in [0.05, 0.1) is 12.2 Å². The van der Waals surface area contributed by atoms with Crippen LogP contribution in [0, 0.1) is 0 Å². The van der Waals surface area contributed by atoms with Crippen LogP contribution in [0.4, 0.5) is 5.69 Å². The summed E-state index contributed by atoms with van der Waals surface area (Å²) in [6, 6.07) is 0. The Labute approximate surface area is 90.8 Å². The molecule has 0 radical (unpaired) electrons. The number of carbonyl (C=O) groups excluding carboxylic acids is 1. The lowest BCUT2D eigenvalue weighted by Crippen LogP contribution is -2.14. The number of hydrogen-bond donors (Lipinski definition) is 2. The van der Waals surface area contributed by atoms with Gasteiger partial charge in [-0.25, -0.2) is 0 Å². The van der Waals surface area contributed by atoms with E-state index in [0.717, 1.165) is 5.69 Å². The van der Waals surface area contributed by atoms with Crippen molar-refractivity contribution in [3.8, 4) is 0 Å². The predicted octanol–water partition coefficient (Wildman–Crippen LogP) is -1.26. The lowest BCUT2D eigenvalue weighted by Gasteiger charge is -1.94. The number of hydrogen-bond acceptors (Lipinski definition) is 5. The average Bonchev–Trinajstić information content (AvgIpc) is 2.73.